The highest BCUT2D eigenvalue weighted by Crippen LogP contribution is 2.12. The molecule has 0 aliphatic rings. The summed E-state index contributed by atoms with van der Waals surface area (Å²) in [6, 6.07) is 9.41. The Hall–Kier alpha value is -1.75. The van der Waals surface area contributed by atoms with Gasteiger partial charge in [0.2, 0.25) is 0 Å². The summed E-state index contributed by atoms with van der Waals surface area (Å²) in [6.07, 6.45) is 0. The maximum absolute atomic E-state index is 9.00. The van der Waals surface area contributed by atoms with Gasteiger partial charge in [-0.05, 0) is 6.92 Å². The first kappa shape index (κ1) is 9.79. The zero-order valence-corrected chi connectivity index (χ0v) is 8.90. The van der Waals surface area contributed by atoms with Crippen LogP contribution in [0.1, 0.15) is 17.0 Å². The zero-order chi connectivity index (χ0) is 10.7. The second kappa shape index (κ2) is 4.18. The molecule has 1 aromatic heterocycles. The Labute approximate surface area is 91.2 Å². The number of aromatic nitrogens is 2. The van der Waals surface area contributed by atoms with Crippen molar-refractivity contribution >= 4 is 17.4 Å². The summed E-state index contributed by atoms with van der Waals surface area (Å²) in [4.78, 5) is 0. The minimum atomic E-state index is 0.460. The monoisotopic (exact) mass is 219 g/mol. The lowest BCUT2D eigenvalue weighted by Gasteiger charge is -2.00. The molecule has 0 radical (unpaired) electrons. The normalized spacial score (nSPS) is 11.7. The van der Waals surface area contributed by atoms with Crippen LogP contribution in [-0.2, 0) is 0 Å². The molecule has 15 heavy (non-hydrogen) atoms. The molecule has 0 saturated carbocycles. The lowest BCUT2D eigenvalue weighted by atomic mass is 10.1. The van der Waals surface area contributed by atoms with Crippen molar-refractivity contribution in [1.82, 2.24) is 8.75 Å². The standard InChI is InChI=1S/C10H9N3OS/c1-7-9(13-15-12-7)10(11-14)8-5-3-2-4-6-8/h2-6,14H,1H3/b11-10+. The number of nitrogens with zero attached hydrogens (tertiary/aromatic N) is 3. The summed E-state index contributed by atoms with van der Waals surface area (Å²) in [5, 5.41) is 12.3. The van der Waals surface area contributed by atoms with E-state index in [0.29, 0.717) is 11.4 Å². The Balaban J connectivity index is 2.48. The molecule has 1 aromatic carbocycles. The van der Waals surface area contributed by atoms with Crippen LogP contribution in [0.5, 0.6) is 0 Å². The summed E-state index contributed by atoms with van der Waals surface area (Å²) in [5.74, 6) is 0. The fourth-order valence-corrected chi connectivity index (χ4v) is 1.83. The van der Waals surface area contributed by atoms with Gasteiger partial charge < -0.3 is 5.21 Å². The average Bonchev–Trinajstić information content (AvgIpc) is 2.68. The molecule has 0 saturated heterocycles. The largest absolute Gasteiger partial charge is 0.410 e. The Morgan fingerprint density at radius 1 is 1.27 bits per heavy atom. The molecular formula is C10H9N3OS. The first-order chi connectivity index (χ1) is 7.33. The Bertz CT molecular complexity index is 478. The first-order valence-corrected chi connectivity index (χ1v) is 5.13. The molecule has 0 spiro atoms. The van der Waals surface area contributed by atoms with E-state index >= 15 is 0 Å². The highest BCUT2D eigenvalue weighted by atomic mass is 32.1. The highest BCUT2D eigenvalue weighted by Gasteiger charge is 2.13. The second-order valence-electron chi connectivity index (χ2n) is 3.01. The molecule has 2 rings (SSSR count). The number of aryl methyl sites for hydroxylation is 1. The summed E-state index contributed by atoms with van der Waals surface area (Å²) in [7, 11) is 0. The van der Waals surface area contributed by atoms with Crippen LogP contribution in [0.25, 0.3) is 0 Å². The number of hydrogen-bond donors (Lipinski definition) is 1. The molecule has 2 aromatic rings. The number of rotatable bonds is 2. The molecule has 0 fully saturated rings. The van der Waals surface area contributed by atoms with Crippen LogP contribution < -0.4 is 0 Å². The third kappa shape index (κ3) is 1.87. The fraction of sp³-hybridized carbons (Fsp3) is 0.100. The van der Waals surface area contributed by atoms with E-state index in [-0.39, 0.29) is 0 Å². The SMILES string of the molecule is Cc1nsnc1/C(=N/O)c1ccccc1. The Morgan fingerprint density at radius 3 is 2.53 bits per heavy atom. The third-order valence-electron chi connectivity index (χ3n) is 2.02. The summed E-state index contributed by atoms with van der Waals surface area (Å²) >= 11 is 1.11. The van der Waals surface area contributed by atoms with Gasteiger partial charge in [0.25, 0.3) is 0 Å². The van der Waals surface area contributed by atoms with Gasteiger partial charge in [0, 0.05) is 5.56 Å². The molecule has 0 bridgehead atoms. The number of oxime groups is 1. The predicted octanol–water partition coefficient (Wildman–Crippen LogP) is 2.07. The van der Waals surface area contributed by atoms with Gasteiger partial charge >= 0.3 is 0 Å². The quantitative estimate of drug-likeness (QED) is 0.478. The van der Waals surface area contributed by atoms with Crippen molar-refractivity contribution in [1.29, 1.82) is 0 Å². The minimum Gasteiger partial charge on any atom is -0.410 e. The Morgan fingerprint density at radius 2 is 2.00 bits per heavy atom. The average molecular weight is 219 g/mol. The second-order valence-corrected chi connectivity index (χ2v) is 3.54. The van der Waals surface area contributed by atoms with Gasteiger partial charge in [-0.25, -0.2) is 0 Å². The van der Waals surface area contributed by atoms with E-state index in [1.165, 1.54) is 0 Å². The van der Waals surface area contributed by atoms with Gasteiger partial charge in [0.15, 0.2) is 0 Å². The van der Waals surface area contributed by atoms with Gasteiger partial charge in [-0.1, -0.05) is 35.5 Å². The molecule has 4 nitrogen and oxygen atoms in total. The minimum absolute atomic E-state index is 0.460. The van der Waals surface area contributed by atoms with E-state index in [0.717, 1.165) is 23.0 Å². The van der Waals surface area contributed by atoms with Crippen molar-refractivity contribution in [3.63, 3.8) is 0 Å². The van der Waals surface area contributed by atoms with Crippen LogP contribution in [0.2, 0.25) is 0 Å². The molecule has 0 aliphatic heterocycles. The van der Waals surface area contributed by atoms with Crippen molar-refractivity contribution in [2.45, 2.75) is 6.92 Å². The lowest BCUT2D eigenvalue weighted by molar-refractivity contribution is 0.319. The molecular weight excluding hydrogens is 210 g/mol. The molecule has 0 amide bonds. The van der Waals surface area contributed by atoms with Crippen molar-refractivity contribution < 1.29 is 5.21 Å². The van der Waals surface area contributed by atoms with Gasteiger partial charge in [-0.2, -0.15) is 8.75 Å². The van der Waals surface area contributed by atoms with Gasteiger partial charge in [-0.3, -0.25) is 0 Å². The molecule has 0 atom stereocenters. The van der Waals surface area contributed by atoms with E-state index in [1.807, 2.05) is 37.3 Å². The van der Waals surface area contributed by atoms with Crippen molar-refractivity contribution in [3.05, 3.63) is 47.3 Å². The van der Waals surface area contributed by atoms with Crippen LogP contribution in [-0.4, -0.2) is 19.7 Å². The summed E-state index contributed by atoms with van der Waals surface area (Å²) < 4.78 is 8.15. The van der Waals surface area contributed by atoms with E-state index < -0.39 is 0 Å². The third-order valence-corrected chi connectivity index (χ3v) is 2.64. The van der Waals surface area contributed by atoms with Crippen molar-refractivity contribution in [2.75, 3.05) is 0 Å². The topological polar surface area (TPSA) is 58.4 Å². The van der Waals surface area contributed by atoms with E-state index in [4.69, 9.17) is 5.21 Å². The maximum atomic E-state index is 9.00. The number of hydrogen-bond acceptors (Lipinski definition) is 5. The highest BCUT2D eigenvalue weighted by molar-refractivity contribution is 6.99. The molecule has 0 unspecified atom stereocenters. The fourth-order valence-electron chi connectivity index (χ4n) is 1.28. The lowest BCUT2D eigenvalue weighted by Crippen LogP contribution is -2.05. The van der Waals surface area contributed by atoms with Crippen LogP contribution in [0.15, 0.2) is 35.5 Å². The van der Waals surface area contributed by atoms with E-state index in [1.54, 1.807) is 0 Å². The molecule has 5 heteroatoms. The van der Waals surface area contributed by atoms with Gasteiger partial charge in [0.05, 0.1) is 17.4 Å². The van der Waals surface area contributed by atoms with E-state index in [9.17, 15) is 0 Å². The molecule has 76 valence electrons. The van der Waals surface area contributed by atoms with Gasteiger partial charge in [-0.15, -0.1) is 0 Å². The van der Waals surface area contributed by atoms with Crippen LogP contribution in [0, 0.1) is 6.92 Å². The smallest absolute Gasteiger partial charge is 0.138 e. The predicted molar refractivity (Wildman–Crippen MR) is 58.5 cm³/mol. The first-order valence-electron chi connectivity index (χ1n) is 4.40. The molecule has 0 aliphatic carbocycles. The van der Waals surface area contributed by atoms with Crippen molar-refractivity contribution in [3.8, 4) is 0 Å². The van der Waals surface area contributed by atoms with Crippen LogP contribution in [0.4, 0.5) is 0 Å². The molecule has 1 N–H and O–H groups in total. The van der Waals surface area contributed by atoms with Crippen LogP contribution >= 0.6 is 11.7 Å². The Kier molecular flexibility index (Phi) is 2.73. The summed E-state index contributed by atoms with van der Waals surface area (Å²) in [6.45, 7) is 1.84. The van der Waals surface area contributed by atoms with E-state index in [2.05, 4.69) is 13.9 Å². The zero-order valence-electron chi connectivity index (χ0n) is 8.08. The number of benzene rings is 1. The van der Waals surface area contributed by atoms with Gasteiger partial charge in [0.1, 0.15) is 11.4 Å². The van der Waals surface area contributed by atoms with Crippen LogP contribution in [0.3, 0.4) is 0 Å². The maximum Gasteiger partial charge on any atom is 0.138 e. The summed E-state index contributed by atoms with van der Waals surface area (Å²) in [5.41, 5.74) is 2.70. The molecule has 1 heterocycles. The van der Waals surface area contributed by atoms with Crippen molar-refractivity contribution in [2.24, 2.45) is 5.16 Å².